The fourth-order valence-electron chi connectivity index (χ4n) is 2.28. The Hall–Kier alpha value is -2.04. The van der Waals surface area contributed by atoms with Crippen LogP contribution in [0.2, 0.25) is 0 Å². The molecule has 0 aliphatic heterocycles. The van der Waals surface area contributed by atoms with Crippen LogP contribution in [0.3, 0.4) is 0 Å². The van der Waals surface area contributed by atoms with E-state index >= 15 is 0 Å². The van der Waals surface area contributed by atoms with Gasteiger partial charge in [0.05, 0.1) is 20.1 Å². The highest BCUT2D eigenvalue weighted by Crippen LogP contribution is 2.29. The molecule has 21 heavy (non-hydrogen) atoms. The number of ether oxygens (including phenoxy) is 2. The first-order chi connectivity index (χ1) is 10.1. The second-order valence-corrected chi connectivity index (χ2v) is 5.34. The topological polar surface area (TPSA) is 55.8 Å². The number of nitrogens with zero attached hydrogens (tertiary/aromatic N) is 1. The number of rotatable bonds is 6. The highest BCUT2D eigenvalue weighted by atomic mass is 16.5. The Morgan fingerprint density at radius 1 is 1.33 bits per heavy atom. The summed E-state index contributed by atoms with van der Waals surface area (Å²) in [5.41, 5.74) is 0.582. The summed E-state index contributed by atoms with van der Waals surface area (Å²) in [4.78, 5) is 26.0. The Morgan fingerprint density at radius 3 is 2.62 bits per heavy atom. The van der Waals surface area contributed by atoms with E-state index in [4.69, 9.17) is 9.47 Å². The summed E-state index contributed by atoms with van der Waals surface area (Å²) < 4.78 is 9.89. The molecule has 1 aliphatic rings. The van der Waals surface area contributed by atoms with Crippen LogP contribution in [-0.4, -0.2) is 43.6 Å². The van der Waals surface area contributed by atoms with Crippen molar-refractivity contribution in [3.63, 3.8) is 0 Å². The standard InChI is InChI=1S/C16H21NO4/c1-11(16(19)21-3)10-17(13-7-8-13)15(18)12-5-4-6-14(9-12)20-2/h4-6,9,11,13H,7-8,10H2,1-3H3. The van der Waals surface area contributed by atoms with Crippen LogP contribution in [0, 0.1) is 5.92 Å². The minimum absolute atomic E-state index is 0.0628. The second-order valence-electron chi connectivity index (χ2n) is 5.34. The first-order valence-corrected chi connectivity index (χ1v) is 7.09. The third-order valence-electron chi connectivity index (χ3n) is 3.64. The quantitative estimate of drug-likeness (QED) is 0.753. The number of benzene rings is 1. The lowest BCUT2D eigenvalue weighted by Gasteiger charge is -2.25. The number of amides is 1. The van der Waals surface area contributed by atoms with Crippen molar-refractivity contribution in [3.8, 4) is 5.75 Å². The van der Waals surface area contributed by atoms with Crippen molar-refractivity contribution in [2.24, 2.45) is 5.92 Å². The second kappa shape index (κ2) is 6.61. The molecule has 1 unspecified atom stereocenters. The number of hydrogen-bond donors (Lipinski definition) is 0. The highest BCUT2D eigenvalue weighted by molar-refractivity contribution is 5.95. The van der Waals surface area contributed by atoms with Gasteiger partial charge in [0.2, 0.25) is 0 Å². The lowest BCUT2D eigenvalue weighted by atomic mass is 10.1. The van der Waals surface area contributed by atoms with Crippen molar-refractivity contribution < 1.29 is 19.1 Å². The van der Waals surface area contributed by atoms with E-state index < -0.39 is 0 Å². The highest BCUT2D eigenvalue weighted by Gasteiger charge is 2.35. The van der Waals surface area contributed by atoms with Gasteiger partial charge in [0, 0.05) is 18.2 Å². The summed E-state index contributed by atoms with van der Waals surface area (Å²) in [5.74, 6) is -0.0333. The van der Waals surface area contributed by atoms with Gasteiger partial charge in [-0.3, -0.25) is 9.59 Å². The van der Waals surface area contributed by atoms with Gasteiger partial charge < -0.3 is 14.4 Å². The molecule has 2 rings (SSSR count). The SMILES string of the molecule is COC(=O)C(C)CN(C(=O)c1cccc(OC)c1)C1CC1. The van der Waals surface area contributed by atoms with Crippen LogP contribution >= 0.6 is 0 Å². The molecule has 1 fully saturated rings. The molecule has 1 atom stereocenters. The molecule has 0 saturated heterocycles. The van der Waals surface area contributed by atoms with Crippen molar-refractivity contribution >= 4 is 11.9 Å². The van der Waals surface area contributed by atoms with Crippen LogP contribution in [0.5, 0.6) is 5.75 Å². The number of hydrogen-bond acceptors (Lipinski definition) is 4. The van der Waals surface area contributed by atoms with Gasteiger partial charge in [-0.05, 0) is 31.0 Å². The molecular weight excluding hydrogens is 270 g/mol. The molecule has 1 aromatic rings. The molecule has 1 saturated carbocycles. The molecule has 0 aromatic heterocycles. The average molecular weight is 291 g/mol. The van der Waals surface area contributed by atoms with Crippen molar-refractivity contribution in [3.05, 3.63) is 29.8 Å². The van der Waals surface area contributed by atoms with Gasteiger partial charge in [-0.15, -0.1) is 0 Å². The molecule has 0 N–H and O–H groups in total. The van der Waals surface area contributed by atoms with E-state index in [1.54, 1.807) is 43.2 Å². The maximum absolute atomic E-state index is 12.7. The molecule has 0 bridgehead atoms. The maximum atomic E-state index is 12.7. The predicted octanol–water partition coefficient (Wildman–Crippen LogP) is 2.11. The van der Waals surface area contributed by atoms with Crippen LogP contribution in [0.1, 0.15) is 30.1 Å². The number of carbonyl (C=O) groups excluding carboxylic acids is 2. The van der Waals surface area contributed by atoms with Crippen LogP contribution in [0.25, 0.3) is 0 Å². The van der Waals surface area contributed by atoms with Crippen molar-refractivity contribution in [1.82, 2.24) is 4.90 Å². The lowest BCUT2D eigenvalue weighted by molar-refractivity contribution is -0.145. The van der Waals surface area contributed by atoms with Gasteiger partial charge in [0.15, 0.2) is 0 Å². The van der Waals surface area contributed by atoms with Crippen LogP contribution in [-0.2, 0) is 9.53 Å². The smallest absolute Gasteiger partial charge is 0.310 e. The minimum atomic E-state index is -0.329. The van der Waals surface area contributed by atoms with E-state index in [0.29, 0.717) is 17.9 Å². The van der Waals surface area contributed by atoms with E-state index in [0.717, 1.165) is 12.8 Å². The average Bonchev–Trinajstić information content (AvgIpc) is 3.35. The Kier molecular flexibility index (Phi) is 4.83. The van der Waals surface area contributed by atoms with Crippen molar-refractivity contribution in [1.29, 1.82) is 0 Å². The molecule has 0 radical (unpaired) electrons. The first-order valence-electron chi connectivity index (χ1n) is 7.09. The van der Waals surface area contributed by atoms with Gasteiger partial charge in [0.25, 0.3) is 5.91 Å². The Morgan fingerprint density at radius 2 is 2.05 bits per heavy atom. The van der Waals surface area contributed by atoms with Gasteiger partial charge in [-0.25, -0.2) is 0 Å². The van der Waals surface area contributed by atoms with Crippen LogP contribution in [0.15, 0.2) is 24.3 Å². The Bertz CT molecular complexity index is 525. The van der Waals surface area contributed by atoms with E-state index in [-0.39, 0.29) is 23.8 Å². The van der Waals surface area contributed by atoms with Gasteiger partial charge in [-0.1, -0.05) is 13.0 Å². The summed E-state index contributed by atoms with van der Waals surface area (Å²) in [5, 5.41) is 0. The molecule has 114 valence electrons. The lowest BCUT2D eigenvalue weighted by Crippen LogP contribution is -2.38. The van der Waals surface area contributed by atoms with E-state index in [9.17, 15) is 9.59 Å². The first kappa shape index (κ1) is 15.4. The third-order valence-corrected chi connectivity index (χ3v) is 3.64. The Balaban J connectivity index is 2.13. The largest absolute Gasteiger partial charge is 0.497 e. The molecule has 5 nitrogen and oxygen atoms in total. The van der Waals surface area contributed by atoms with Gasteiger partial charge in [-0.2, -0.15) is 0 Å². The number of esters is 1. The molecule has 1 aromatic carbocycles. The van der Waals surface area contributed by atoms with E-state index in [1.165, 1.54) is 7.11 Å². The summed E-state index contributed by atoms with van der Waals surface area (Å²) in [6.45, 7) is 2.16. The summed E-state index contributed by atoms with van der Waals surface area (Å²) in [7, 11) is 2.94. The van der Waals surface area contributed by atoms with Gasteiger partial charge >= 0.3 is 5.97 Å². The molecule has 0 spiro atoms. The maximum Gasteiger partial charge on any atom is 0.310 e. The van der Waals surface area contributed by atoms with Crippen molar-refractivity contribution in [2.75, 3.05) is 20.8 Å². The minimum Gasteiger partial charge on any atom is -0.497 e. The van der Waals surface area contributed by atoms with E-state index in [1.807, 2.05) is 0 Å². The predicted molar refractivity (Wildman–Crippen MR) is 78.2 cm³/mol. The summed E-state index contributed by atoms with van der Waals surface area (Å²) in [6, 6.07) is 7.32. The molecule has 1 amide bonds. The Labute approximate surface area is 124 Å². The van der Waals surface area contributed by atoms with E-state index in [2.05, 4.69) is 0 Å². The third kappa shape index (κ3) is 3.74. The van der Waals surface area contributed by atoms with Crippen LogP contribution in [0.4, 0.5) is 0 Å². The number of carbonyl (C=O) groups is 2. The van der Waals surface area contributed by atoms with Crippen molar-refractivity contribution in [2.45, 2.75) is 25.8 Å². The fourth-order valence-corrected chi connectivity index (χ4v) is 2.28. The summed E-state index contributed by atoms with van der Waals surface area (Å²) in [6.07, 6.45) is 1.98. The summed E-state index contributed by atoms with van der Waals surface area (Å²) >= 11 is 0. The molecular formula is C16H21NO4. The molecule has 5 heteroatoms. The zero-order valence-electron chi connectivity index (χ0n) is 12.7. The monoisotopic (exact) mass is 291 g/mol. The zero-order chi connectivity index (χ0) is 15.4. The normalized spacial score (nSPS) is 15.2. The van der Waals surface area contributed by atoms with Gasteiger partial charge in [0.1, 0.15) is 5.75 Å². The fraction of sp³-hybridized carbons (Fsp3) is 0.500. The van der Waals surface area contributed by atoms with Crippen LogP contribution < -0.4 is 4.74 Å². The molecule has 0 heterocycles. The number of methoxy groups -OCH3 is 2. The zero-order valence-corrected chi connectivity index (χ0v) is 12.7. The molecule has 1 aliphatic carbocycles.